The van der Waals surface area contributed by atoms with Crippen LogP contribution in [0, 0.1) is 6.92 Å². The van der Waals surface area contributed by atoms with Crippen molar-refractivity contribution in [2.45, 2.75) is 12.3 Å². The number of hydrogen-bond acceptors (Lipinski definition) is 1. The third-order valence-electron chi connectivity index (χ3n) is 1.28. The third kappa shape index (κ3) is 1.48. The van der Waals surface area contributed by atoms with Crippen molar-refractivity contribution in [3.05, 3.63) is 33.7 Å². The fraction of sp³-hybridized carbons (Fsp3) is 0.286. The van der Waals surface area contributed by atoms with E-state index < -0.39 is 0 Å². The standard InChI is InChI=1S/C7H8BrNO/c1-5-2-7(10)6(3-8)4-9-5/h2,4H,3H2,1H3,(H,9,10). The number of alkyl halides is 1. The first-order valence-corrected chi connectivity index (χ1v) is 4.10. The van der Waals surface area contributed by atoms with Crippen LogP contribution in [0.2, 0.25) is 0 Å². The van der Waals surface area contributed by atoms with Crippen molar-refractivity contribution in [2.24, 2.45) is 0 Å². The van der Waals surface area contributed by atoms with Crippen LogP contribution in [0.15, 0.2) is 17.1 Å². The summed E-state index contributed by atoms with van der Waals surface area (Å²) in [5.74, 6) is 0. The minimum Gasteiger partial charge on any atom is -0.365 e. The highest BCUT2D eigenvalue weighted by atomic mass is 79.9. The minimum absolute atomic E-state index is 0.0909. The van der Waals surface area contributed by atoms with Gasteiger partial charge in [0.1, 0.15) is 0 Å². The van der Waals surface area contributed by atoms with Crippen molar-refractivity contribution in [2.75, 3.05) is 0 Å². The van der Waals surface area contributed by atoms with Crippen LogP contribution in [0.3, 0.4) is 0 Å². The number of halogens is 1. The second kappa shape index (κ2) is 3.01. The van der Waals surface area contributed by atoms with Gasteiger partial charge in [-0.25, -0.2) is 0 Å². The van der Waals surface area contributed by atoms with Crippen molar-refractivity contribution in [3.8, 4) is 0 Å². The zero-order valence-electron chi connectivity index (χ0n) is 5.65. The Hall–Kier alpha value is -0.570. The Kier molecular flexibility index (Phi) is 2.27. The van der Waals surface area contributed by atoms with Crippen molar-refractivity contribution < 1.29 is 0 Å². The molecule has 0 spiro atoms. The molecule has 0 aliphatic heterocycles. The molecule has 0 saturated heterocycles. The van der Waals surface area contributed by atoms with Crippen LogP contribution in [-0.4, -0.2) is 4.98 Å². The van der Waals surface area contributed by atoms with E-state index in [-0.39, 0.29) is 5.43 Å². The molecule has 0 aliphatic rings. The summed E-state index contributed by atoms with van der Waals surface area (Å²) in [5.41, 5.74) is 1.76. The highest BCUT2D eigenvalue weighted by Crippen LogP contribution is 1.97. The summed E-state index contributed by atoms with van der Waals surface area (Å²) in [7, 11) is 0. The lowest BCUT2D eigenvalue weighted by Crippen LogP contribution is -2.06. The molecule has 3 heteroatoms. The molecule has 1 aromatic rings. The molecule has 0 fully saturated rings. The van der Waals surface area contributed by atoms with Crippen LogP contribution in [0.25, 0.3) is 0 Å². The Labute approximate surface area is 67.4 Å². The molecule has 1 heterocycles. The maximum Gasteiger partial charge on any atom is 0.185 e. The van der Waals surface area contributed by atoms with Gasteiger partial charge in [0, 0.05) is 28.9 Å². The van der Waals surface area contributed by atoms with Gasteiger partial charge in [-0.1, -0.05) is 15.9 Å². The molecule has 1 N–H and O–H groups in total. The van der Waals surface area contributed by atoms with E-state index in [1.54, 1.807) is 12.3 Å². The molecule has 0 aliphatic carbocycles. The van der Waals surface area contributed by atoms with E-state index in [0.717, 1.165) is 11.3 Å². The van der Waals surface area contributed by atoms with Gasteiger partial charge in [-0.05, 0) is 6.92 Å². The number of nitrogens with one attached hydrogen (secondary N) is 1. The maximum absolute atomic E-state index is 11.0. The molecule has 0 aromatic carbocycles. The van der Waals surface area contributed by atoms with Crippen molar-refractivity contribution in [1.29, 1.82) is 0 Å². The first-order valence-electron chi connectivity index (χ1n) is 2.98. The summed E-state index contributed by atoms with van der Waals surface area (Å²) in [6, 6.07) is 1.59. The maximum atomic E-state index is 11.0. The molecule has 0 unspecified atom stereocenters. The largest absolute Gasteiger partial charge is 0.365 e. The fourth-order valence-electron chi connectivity index (χ4n) is 0.708. The van der Waals surface area contributed by atoms with Crippen molar-refractivity contribution >= 4 is 15.9 Å². The Morgan fingerprint density at radius 1 is 1.70 bits per heavy atom. The third-order valence-corrected chi connectivity index (χ3v) is 1.89. The number of aromatic amines is 1. The monoisotopic (exact) mass is 201 g/mol. The quantitative estimate of drug-likeness (QED) is 0.689. The van der Waals surface area contributed by atoms with E-state index in [4.69, 9.17) is 0 Å². The van der Waals surface area contributed by atoms with Crippen LogP contribution in [0.4, 0.5) is 0 Å². The Bertz CT molecular complexity index is 279. The van der Waals surface area contributed by atoms with Gasteiger partial charge in [-0.3, -0.25) is 4.79 Å². The molecular weight excluding hydrogens is 194 g/mol. The van der Waals surface area contributed by atoms with Gasteiger partial charge < -0.3 is 4.98 Å². The second-order valence-corrected chi connectivity index (χ2v) is 2.70. The van der Waals surface area contributed by atoms with E-state index in [9.17, 15) is 4.79 Å². The summed E-state index contributed by atoms with van der Waals surface area (Å²) in [6.07, 6.45) is 1.73. The number of aromatic nitrogens is 1. The molecule has 0 saturated carbocycles. The van der Waals surface area contributed by atoms with E-state index in [2.05, 4.69) is 20.9 Å². The highest BCUT2D eigenvalue weighted by molar-refractivity contribution is 9.08. The Morgan fingerprint density at radius 2 is 2.40 bits per heavy atom. The summed E-state index contributed by atoms with van der Waals surface area (Å²) < 4.78 is 0. The molecule has 0 atom stereocenters. The molecule has 1 aromatic heterocycles. The highest BCUT2D eigenvalue weighted by Gasteiger charge is 1.94. The van der Waals surface area contributed by atoms with Crippen LogP contribution in [0.1, 0.15) is 11.3 Å². The van der Waals surface area contributed by atoms with E-state index >= 15 is 0 Å². The summed E-state index contributed by atoms with van der Waals surface area (Å²) >= 11 is 3.21. The number of hydrogen-bond donors (Lipinski definition) is 1. The first-order chi connectivity index (χ1) is 4.74. The molecule has 0 amide bonds. The molecular formula is C7H8BrNO. The van der Waals surface area contributed by atoms with Gasteiger partial charge in [0.15, 0.2) is 5.43 Å². The van der Waals surface area contributed by atoms with E-state index in [1.807, 2.05) is 6.92 Å². The van der Waals surface area contributed by atoms with Gasteiger partial charge in [0.05, 0.1) is 0 Å². The summed E-state index contributed by atoms with van der Waals surface area (Å²) in [6.45, 7) is 1.86. The molecule has 0 radical (unpaired) electrons. The number of rotatable bonds is 1. The summed E-state index contributed by atoms with van der Waals surface area (Å²) in [5, 5.41) is 0.614. The van der Waals surface area contributed by atoms with Crippen LogP contribution in [0.5, 0.6) is 0 Å². The predicted molar refractivity (Wildman–Crippen MR) is 44.4 cm³/mol. The van der Waals surface area contributed by atoms with Gasteiger partial charge in [0.2, 0.25) is 0 Å². The molecule has 1 rings (SSSR count). The van der Waals surface area contributed by atoms with Gasteiger partial charge in [-0.2, -0.15) is 0 Å². The van der Waals surface area contributed by atoms with Crippen LogP contribution in [-0.2, 0) is 5.33 Å². The lowest BCUT2D eigenvalue weighted by molar-refractivity contribution is 1.14. The van der Waals surface area contributed by atoms with Gasteiger partial charge in [-0.15, -0.1) is 0 Å². The van der Waals surface area contributed by atoms with Crippen molar-refractivity contribution in [1.82, 2.24) is 4.98 Å². The van der Waals surface area contributed by atoms with Crippen LogP contribution < -0.4 is 5.43 Å². The number of pyridine rings is 1. The fourth-order valence-corrected chi connectivity index (χ4v) is 1.15. The SMILES string of the molecule is Cc1cc(=O)c(CBr)c[nH]1. The predicted octanol–water partition coefficient (Wildman–Crippen LogP) is 1.58. The molecule has 0 bridgehead atoms. The smallest absolute Gasteiger partial charge is 0.185 e. The average Bonchev–Trinajstić information content (AvgIpc) is 1.88. The minimum atomic E-state index is 0.0909. The Morgan fingerprint density at radius 3 is 2.90 bits per heavy atom. The average molecular weight is 202 g/mol. The topological polar surface area (TPSA) is 32.9 Å². The zero-order valence-corrected chi connectivity index (χ0v) is 7.23. The second-order valence-electron chi connectivity index (χ2n) is 2.14. The molecule has 10 heavy (non-hydrogen) atoms. The van der Waals surface area contributed by atoms with Gasteiger partial charge in [0.25, 0.3) is 0 Å². The zero-order chi connectivity index (χ0) is 7.56. The Balaban J connectivity index is 3.20. The lowest BCUT2D eigenvalue weighted by atomic mass is 10.3. The number of aryl methyl sites for hydroxylation is 1. The van der Waals surface area contributed by atoms with Crippen LogP contribution >= 0.6 is 15.9 Å². The van der Waals surface area contributed by atoms with Gasteiger partial charge >= 0.3 is 0 Å². The van der Waals surface area contributed by atoms with E-state index in [1.165, 1.54) is 0 Å². The van der Waals surface area contributed by atoms with Crippen molar-refractivity contribution in [3.63, 3.8) is 0 Å². The normalized spacial score (nSPS) is 9.80. The molecule has 54 valence electrons. The lowest BCUT2D eigenvalue weighted by Gasteiger charge is -1.94. The summed E-state index contributed by atoms with van der Waals surface area (Å²) in [4.78, 5) is 14.0. The number of H-pyrrole nitrogens is 1. The molecule has 2 nitrogen and oxygen atoms in total. The van der Waals surface area contributed by atoms with E-state index in [0.29, 0.717) is 5.33 Å². The first kappa shape index (κ1) is 7.54.